The van der Waals surface area contributed by atoms with Crippen LogP contribution in [-0.2, 0) is 14.3 Å². The normalized spacial score (nSPS) is 30.9. The lowest BCUT2D eigenvalue weighted by molar-refractivity contribution is -0.139. The summed E-state index contributed by atoms with van der Waals surface area (Å²) >= 11 is 0. The molecule has 3 aliphatic rings. The largest absolute Gasteiger partial charge is 0.463 e. The second kappa shape index (κ2) is 7.21. The first-order valence-corrected chi connectivity index (χ1v) is 9.39. The Hall–Kier alpha value is -2.58. The molecule has 3 rings (SSSR count). The quantitative estimate of drug-likeness (QED) is 0.498. The van der Waals surface area contributed by atoms with Gasteiger partial charge in [-0.15, -0.1) is 0 Å². The lowest BCUT2D eigenvalue weighted by Crippen LogP contribution is -2.52. The highest BCUT2D eigenvalue weighted by Gasteiger charge is 2.52. The van der Waals surface area contributed by atoms with E-state index in [1.807, 2.05) is 0 Å². The van der Waals surface area contributed by atoms with E-state index in [0.29, 0.717) is 18.8 Å². The molecular weight excluding hydrogens is 352 g/mol. The van der Waals surface area contributed by atoms with Gasteiger partial charge in [0, 0.05) is 0 Å². The first-order chi connectivity index (χ1) is 12.8. The summed E-state index contributed by atoms with van der Waals surface area (Å²) in [5.74, 6) is -0.353. The maximum Gasteiger partial charge on any atom is 0.337 e. The van der Waals surface area contributed by atoms with Crippen molar-refractivity contribution in [2.24, 2.45) is 5.92 Å². The van der Waals surface area contributed by atoms with E-state index < -0.39 is 29.6 Å². The van der Waals surface area contributed by atoms with Gasteiger partial charge in [0.2, 0.25) is 0 Å². The number of rotatable bonds is 4. The summed E-state index contributed by atoms with van der Waals surface area (Å²) in [6.45, 7) is 5.48. The van der Waals surface area contributed by atoms with Crippen LogP contribution in [0.15, 0.2) is 11.3 Å². The third kappa shape index (κ3) is 3.50. The van der Waals surface area contributed by atoms with Crippen LogP contribution >= 0.6 is 0 Å². The van der Waals surface area contributed by atoms with E-state index >= 15 is 0 Å². The fraction of sp³-hybridized carbons (Fsp3) is 0.667. The van der Waals surface area contributed by atoms with Crippen LogP contribution in [0, 0.1) is 5.92 Å². The average molecular weight is 378 g/mol. The van der Waals surface area contributed by atoms with Gasteiger partial charge in [0.05, 0.1) is 30.5 Å². The van der Waals surface area contributed by atoms with Gasteiger partial charge in [-0.1, -0.05) is 6.92 Å². The molecule has 27 heavy (non-hydrogen) atoms. The maximum atomic E-state index is 13.0. The Kier molecular flexibility index (Phi) is 5.12. The zero-order valence-corrected chi connectivity index (χ0v) is 15.9. The Labute approximate surface area is 157 Å². The van der Waals surface area contributed by atoms with Crippen molar-refractivity contribution in [3.8, 4) is 0 Å². The second-order valence-corrected chi connectivity index (χ2v) is 7.52. The minimum atomic E-state index is -0.864. The number of urea groups is 2. The molecular formula is C18H26N4O5. The number of nitrogens with one attached hydrogen (secondary N) is 3. The summed E-state index contributed by atoms with van der Waals surface area (Å²) in [7, 11) is 0. The van der Waals surface area contributed by atoms with Crippen LogP contribution < -0.4 is 16.0 Å². The summed E-state index contributed by atoms with van der Waals surface area (Å²) in [5.41, 5.74) is -0.429. The summed E-state index contributed by atoms with van der Waals surface area (Å²) in [5, 5.41) is 7.99. The lowest BCUT2D eigenvalue weighted by atomic mass is 9.77. The molecule has 0 aromatic carbocycles. The molecule has 5 amide bonds. The Morgan fingerprint density at radius 3 is 2.52 bits per heavy atom. The third-order valence-corrected chi connectivity index (χ3v) is 5.56. The van der Waals surface area contributed by atoms with E-state index in [1.54, 1.807) is 13.8 Å². The van der Waals surface area contributed by atoms with Gasteiger partial charge in [0.25, 0.3) is 5.91 Å². The van der Waals surface area contributed by atoms with Crippen LogP contribution in [0.4, 0.5) is 9.59 Å². The number of esters is 1. The second-order valence-electron chi connectivity index (χ2n) is 7.52. The molecule has 1 saturated carbocycles. The van der Waals surface area contributed by atoms with Gasteiger partial charge < -0.3 is 20.7 Å². The summed E-state index contributed by atoms with van der Waals surface area (Å²) < 4.78 is 5.06. The van der Waals surface area contributed by atoms with Crippen molar-refractivity contribution < 1.29 is 23.9 Å². The molecule has 1 atom stereocenters. The average Bonchev–Trinajstić information content (AvgIpc) is 2.82. The maximum absolute atomic E-state index is 13.0. The van der Waals surface area contributed by atoms with E-state index in [2.05, 4.69) is 22.9 Å². The highest BCUT2D eigenvalue weighted by Crippen LogP contribution is 2.36. The van der Waals surface area contributed by atoms with Gasteiger partial charge in [0.15, 0.2) is 0 Å². The predicted octanol–water partition coefficient (Wildman–Crippen LogP) is 1.01. The summed E-state index contributed by atoms with van der Waals surface area (Å²) in [4.78, 5) is 50.8. The molecule has 3 N–H and O–H groups in total. The van der Waals surface area contributed by atoms with E-state index in [1.165, 1.54) is 0 Å². The predicted molar refractivity (Wildman–Crippen MR) is 95.4 cm³/mol. The molecule has 1 saturated heterocycles. The minimum absolute atomic E-state index is 0.173. The first-order valence-electron chi connectivity index (χ1n) is 9.39. The van der Waals surface area contributed by atoms with Crippen LogP contribution in [0.2, 0.25) is 0 Å². The molecule has 148 valence electrons. The van der Waals surface area contributed by atoms with Crippen molar-refractivity contribution >= 4 is 23.9 Å². The minimum Gasteiger partial charge on any atom is -0.463 e. The molecule has 0 aromatic rings. The lowest BCUT2D eigenvalue weighted by Gasteiger charge is -2.33. The molecule has 0 bridgehead atoms. The fourth-order valence-electron chi connectivity index (χ4n) is 3.98. The van der Waals surface area contributed by atoms with E-state index in [0.717, 1.165) is 17.7 Å². The van der Waals surface area contributed by atoms with Crippen molar-refractivity contribution in [1.29, 1.82) is 0 Å². The fourth-order valence-corrected chi connectivity index (χ4v) is 3.98. The van der Waals surface area contributed by atoms with Gasteiger partial charge in [-0.05, 0) is 45.4 Å². The number of hydrogen-bond acceptors (Lipinski definition) is 5. The topological polar surface area (TPSA) is 117 Å². The van der Waals surface area contributed by atoms with Gasteiger partial charge in [-0.2, -0.15) is 0 Å². The Morgan fingerprint density at radius 1 is 1.22 bits per heavy atom. The van der Waals surface area contributed by atoms with Crippen molar-refractivity contribution in [1.82, 2.24) is 20.9 Å². The SMILES string of the molecule is CCOC(=O)C1=C(CN2C(=O)NC3(CCC(C)CC3)C2=O)NC(=O)N[C@@H]1C. The van der Waals surface area contributed by atoms with Crippen molar-refractivity contribution in [2.45, 2.75) is 58.0 Å². The molecule has 1 aliphatic carbocycles. The first kappa shape index (κ1) is 19.2. The molecule has 0 aromatic heterocycles. The van der Waals surface area contributed by atoms with Crippen LogP contribution in [-0.4, -0.2) is 53.6 Å². The number of ether oxygens (including phenoxy) is 1. The zero-order valence-electron chi connectivity index (χ0n) is 15.9. The third-order valence-electron chi connectivity index (χ3n) is 5.56. The van der Waals surface area contributed by atoms with E-state index in [4.69, 9.17) is 4.74 Å². The van der Waals surface area contributed by atoms with Crippen LogP contribution in [0.1, 0.15) is 46.5 Å². The molecule has 2 aliphatic heterocycles. The Morgan fingerprint density at radius 2 is 1.89 bits per heavy atom. The summed E-state index contributed by atoms with van der Waals surface area (Å²) in [6.07, 6.45) is 2.94. The molecule has 0 unspecified atom stereocenters. The molecule has 1 spiro atoms. The molecule has 9 nitrogen and oxygen atoms in total. The Bertz CT molecular complexity index is 709. The van der Waals surface area contributed by atoms with Gasteiger partial charge in [0.1, 0.15) is 5.54 Å². The number of carbonyl (C=O) groups excluding carboxylic acids is 4. The van der Waals surface area contributed by atoms with E-state index in [-0.39, 0.29) is 30.3 Å². The molecule has 0 radical (unpaired) electrons. The van der Waals surface area contributed by atoms with E-state index in [9.17, 15) is 19.2 Å². The summed E-state index contributed by atoms with van der Waals surface area (Å²) in [6, 6.07) is -1.57. The highest BCUT2D eigenvalue weighted by atomic mass is 16.5. The zero-order chi connectivity index (χ0) is 19.8. The monoisotopic (exact) mass is 378 g/mol. The smallest absolute Gasteiger partial charge is 0.337 e. The Balaban J connectivity index is 1.86. The number of amides is 5. The number of nitrogens with zero attached hydrogens (tertiary/aromatic N) is 1. The van der Waals surface area contributed by atoms with Crippen molar-refractivity contribution in [2.75, 3.05) is 13.2 Å². The van der Waals surface area contributed by atoms with Crippen LogP contribution in [0.3, 0.4) is 0 Å². The number of imide groups is 1. The highest BCUT2D eigenvalue weighted by molar-refractivity contribution is 6.07. The number of hydrogen-bond donors (Lipinski definition) is 3. The standard InChI is InChI=1S/C18H26N4O5/c1-4-27-14(23)13-11(3)19-16(25)20-12(13)9-22-15(24)18(21-17(22)26)7-5-10(2)6-8-18/h10-11H,4-9H2,1-3H3,(H,21,26)(H2,19,20,25)/t10?,11-,18?/m1/s1. The number of carbonyl (C=O) groups is 4. The van der Waals surface area contributed by atoms with Crippen LogP contribution in [0.5, 0.6) is 0 Å². The van der Waals surface area contributed by atoms with Gasteiger partial charge >= 0.3 is 18.0 Å². The molecule has 2 heterocycles. The van der Waals surface area contributed by atoms with Gasteiger partial charge in [-0.3, -0.25) is 9.69 Å². The van der Waals surface area contributed by atoms with Gasteiger partial charge in [-0.25, -0.2) is 14.4 Å². The van der Waals surface area contributed by atoms with Crippen molar-refractivity contribution in [3.05, 3.63) is 11.3 Å². The van der Waals surface area contributed by atoms with Crippen LogP contribution in [0.25, 0.3) is 0 Å². The molecule has 2 fully saturated rings. The van der Waals surface area contributed by atoms with Crippen molar-refractivity contribution in [3.63, 3.8) is 0 Å². The molecule has 9 heteroatoms.